The topological polar surface area (TPSA) is 93.1 Å². The molecule has 0 fully saturated rings. The van der Waals surface area contributed by atoms with E-state index in [1.54, 1.807) is 13.8 Å². The van der Waals surface area contributed by atoms with Crippen LogP contribution in [-0.2, 0) is 9.47 Å². The van der Waals surface area contributed by atoms with Crippen LogP contribution in [0.2, 0.25) is 0 Å². The second kappa shape index (κ2) is 6.34. The van der Waals surface area contributed by atoms with Gasteiger partial charge in [-0.3, -0.25) is 0 Å². The average Bonchev–Trinajstić information content (AvgIpc) is 2.62. The summed E-state index contributed by atoms with van der Waals surface area (Å²) < 4.78 is 9.83. The Balaban J connectivity index is 2.72. The SMILES string of the molecule is CCOC(=O)c1c2ccc(O)ccc-2c(C(=O)OCC)c1O. The number of hydrogen-bond donors (Lipinski definition) is 2. The van der Waals surface area contributed by atoms with Crippen LogP contribution in [0.15, 0.2) is 24.3 Å². The quantitative estimate of drug-likeness (QED) is 0.843. The Morgan fingerprint density at radius 3 is 1.64 bits per heavy atom. The molecule has 0 saturated carbocycles. The maximum atomic E-state index is 12.1. The van der Waals surface area contributed by atoms with E-state index in [1.807, 2.05) is 0 Å². The molecule has 0 atom stereocenters. The fraction of sp³-hybridized carbons (Fsp3) is 0.250. The Morgan fingerprint density at radius 2 is 1.27 bits per heavy atom. The zero-order valence-electron chi connectivity index (χ0n) is 12.3. The molecule has 2 aliphatic carbocycles. The Morgan fingerprint density at radius 1 is 0.864 bits per heavy atom. The highest BCUT2D eigenvalue weighted by Crippen LogP contribution is 2.42. The third-order valence-corrected chi connectivity index (χ3v) is 3.10. The van der Waals surface area contributed by atoms with Crippen LogP contribution in [0.1, 0.15) is 34.6 Å². The fourth-order valence-corrected chi connectivity index (χ4v) is 2.21. The molecule has 2 N–H and O–H groups in total. The van der Waals surface area contributed by atoms with Gasteiger partial charge in [-0.05, 0) is 38.1 Å². The van der Waals surface area contributed by atoms with Crippen molar-refractivity contribution in [3.8, 4) is 22.6 Å². The van der Waals surface area contributed by atoms with Crippen molar-refractivity contribution < 1.29 is 29.3 Å². The van der Waals surface area contributed by atoms with Gasteiger partial charge in [-0.15, -0.1) is 0 Å². The first kappa shape index (κ1) is 15.6. The molecule has 0 aromatic carbocycles. The summed E-state index contributed by atoms with van der Waals surface area (Å²) in [5.74, 6) is -2.00. The molecule has 0 heterocycles. The summed E-state index contributed by atoms with van der Waals surface area (Å²) in [4.78, 5) is 24.1. The first-order valence-corrected chi connectivity index (χ1v) is 6.83. The molecule has 22 heavy (non-hydrogen) atoms. The van der Waals surface area contributed by atoms with E-state index in [4.69, 9.17) is 9.47 Å². The van der Waals surface area contributed by atoms with Gasteiger partial charge in [-0.2, -0.15) is 0 Å². The highest BCUT2D eigenvalue weighted by Gasteiger charge is 2.32. The van der Waals surface area contributed by atoms with E-state index >= 15 is 0 Å². The summed E-state index contributed by atoms with van der Waals surface area (Å²) in [6, 6.07) is 5.61. The summed E-state index contributed by atoms with van der Waals surface area (Å²) >= 11 is 0. The van der Waals surface area contributed by atoms with Gasteiger partial charge in [-0.1, -0.05) is 0 Å². The molecule has 0 spiro atoms. The minimum absolute atomic E-state index is 0.0414. The summed E-state index contributed by atoms with van der Waals surface area (Å²) in [6.45, 7) is 3.53. The molecule has 0 unspecified atom stereocenters. The van der Waals surface area contributed by atoms with Gasteiger partial charge < -0.3 is 19.7 Å². The van der Waals surface area contributed by atoms with Gasteiger partial charge in [0.15, 0.2) is 0 Å². The number of carbonyl (C=O) groups excluding carboxylic acids is 2. The third-order valence-electron chi connectivity index (χ3n) is 3.10. The van der Waals surface area contributed by atoms with Crippen LogP contribution in [0.3, 0.4) is 0 Å². The van der Waals surface area contributed by atoms with Gasteiger partial charge in [0.05, 0.1) is 13.2 Å². The molecule has 0 aliphatic heterocycles. The number of fused-ring (bicyclic) bond motifs is 1. The van der Waals surface area contributed by atoms with Crippen LogP contribution in [0.5, 0.6) is 11.5 Å². The predicted octanol–water partition coefficient (Wildman–Crippen LogP) is 2.56. The van der Waals surface area contributed by atoms with Crippen LogP contribution in [0.25, 0.3) is 11.1 Å². The minimum atomic E-state index is -0.744. The van der Waals surface area contributed by atoms with Crippen LogP contribution in [0, 0.1) is 0 Å². The zero-order valence-corrected chi connectivity index (χ0v) is 12.3. The van der Waals surface area contributed by atoms with Crippen molar-refractivity contribution in [2.75, 3.05) is 13.2 Å². The van der Waals surface area contributed by atoms with Crippen molar-refractivity contribution in [1.29, 1.82) is 0 Å². The Bertz CT molecular complexity index is 636. The number of rotatable bonds is 4. The first-order valence-electron chi connectivity index (χ1n) is 6.83. The van der Waals surface area contributed by atoms with Crippen molar-refractivity contribution in [2.45, 2.75) is 13.8 Å². The predicted molar refractivity (Wildman–Crippen MR) is 78.3 cm³/mol. The van der Waals surface area contributed by atoms with Gasteiger partial charge in [0.1, 0.15) is 22.6 Å². The fourth-order valence-electron chi connectivity index (χ4n) is 2.21. The van der Waals surface area contributed by atoms with Gasteiger partial charge >= 0.3 is 11.9 Å². The van der Waals surface area contributed by atoms with E-state index in [2.05, 4.69) is 0 Å². The van der Waals surface area contributed by atoms with Gasteiger partial charge in [0, 0.05) is 11.1 Å². The van der Waals surface area contributed by atoms with Crippen molar-refractivity contribution in [3.05, 3.63) is 35.4 Å². The molecule has 0 amide bonds. The largest absolute Gasteiger partial charge is 0.508 e. The Kier molecular flexibility index (Phi) is 4.50. The van der Waals surface area contributed by atoms with Crippen molar-refractivity contribution in [3.63, 3.8) is 0 Å². The molecule has 2 rings (SSSR count). The summed E-state index contributed by atoms with van der Waals surface area (Å²) in [6.07, 6.45) is 0. The van der Waals surface area contributed by atoms with Gasteiger partial charge in [0.25, 0.3) is 0 Å². The molecule has 0 radical (unpaired) electrons. The molecular formula is C16H16O6. The van der Waals surface area contributed by atoms with Gasteiger partial charge in [-0.25, -0.2) is 9.59 Å². The molecular weight excluding hydrogens is 288 g/mol. The number of hydrogen-bond acceptors (Lipinski definition) is 6. The minimum Gasteiger partial charge on any atom is -0.508 e. The number of carbonyl (C=O) groups is 2. The lowest BCUT2D eigenvalue weighted by Crippen LogP contribution is -2.06. The van der Waals surface area contributed by atoms with E-state index in [0.717, 1.165) is 0 Å². The average molecular weight is 304 g/mol. The van der Waals surface area contributed by atoms with Crippen molar-refractivity contribution >= 4 is 11.9 Å². The summed E-state index contributed by atoms with van der Waals surface area (Å²) in [5.41, 5.74) is 0.379. The molecule has 6 nitrogen and oxygen atoms in total. The molecule has 0 saturated heterocycles. The Hall–Kier alpha value is -2.76. The third kappa shape index (κ3) is 2.67. The Labute approximate surface area is 127 Å². The second-order valence-electron chi connectivity index (χ2n) is 4.46. The normalized spacial score (nSPS) is 10.5. The standard InChI is InChI=1S/C16H16O6/c1-3-21-15(19)12-10-7-5-9(17)6-8-11(10)13(14(12)18)16(20)22-4-2/h5-8,17-18H,3-4H2,1-2H3. The van der Waals surface area contributed by atoms with Crippen LogP contribution in [-0.4, -0.2) is 35.4 Å². The van der Waals surface area contributed by atoms with E-state index in [9.17, 15) is 19.8 Å². The molecule has 2 aliphatic rings. The number of esters is 2. The monoisotopic (exact) mass is 304 g/mol. The maximum absolute atomic E-state index is 12.1. The van der Waals surface area contributed by atoms with Crippen molar-refractivity contribution in [2.24, 2.45) is 0 Å². The first-order chi connectivity index (χ1) is 10.5. The van der Waals surface area contributed by atoms with E-state index < -0.39 is 17.7 Å². The summed E-state index contributed by atoms with van der Waals surface area (Å²) in [7, 11) is 0. The van der Waals surface area contributed by atoms with Gasteiger partial charge in [0.2, 0.25) is 0 Å². The van der Waals surface area contributed by atoms with E-state index in [-0.39, 0.29) is 30.1 Å². The molecule has 6 heteroatoms. The lowest BCUT2D eigenvalue weighted by Gasteiger charge is -2.02. The number of ether oxygens (including phenoxy) is 2. The molecule has 0 bridgehead atoms. The summed E-state index contributed by atoms with van der Waals surface area (Å²) in [5, 5.41) is 19.9. The lowest BCUT2D eigenvalue weighted by atomic mass is 10.1. The second-order valence-corrected chi connectivity index (χ2v) is 4.46. The van der Waals surface area contributed by atoms with Crippen LogP contribution in [0.4, 0.5) is 0 Å². The highest BCUT2D eigenvalue weighted by molar-refractivity contribution is 6.12. The van der Waals surface area contributed by atoms with Crippen LogP contribution < -0.4 is 0 Å². The molecule has 116 valence electrons. The lowest BCUT2D eigenvalue weighted by molar-refractivity contribution is 0.0524. The highest BCUT2D eigenvalue weighted by atomic mass is 16.5. The van der Waals surface area contributed by atoms with E-state index in [1.165, 1.54) is 24.3 Å². The zero-order chi connectivity index (χ0) is 16.3. The van der Waals surface area contributed by atoms with Crippen LogP contribution >= 0.6 is 0 Å². The number of aromatic hydroxyl groups is 2. The smallest absolute Gasteiger partial charge is 0.342 e. The molecule has 0 aromatic rings. The molecule has 0 aromatic heterocycles. The van der Waals surface area contributed by atoms with Crippen molar-refractivity contribution in [1.82, 2.24) is 0 Å². The maximum Gasteiger partial charge on any atom is 0.342 e. The van der Waals surface area contributed by atoms with E-state index in [0.29, 0.717) is 11.1 Å².